The van der Waals surface area contributed by atoms with E-state index in [1.54, 1.807) is 11.9 Å². The minimum atomic E-state index is 0.126. The molecule has 0 bridgehead atoms. The number of aryl methyl sites for hydroxylation is 2. The maximum Gasteiger partial charge on any atom is 0.227 e. The van der Waals surface area contributed by atoms with Crippen LogP contribution in [0.1, 0.15) is 30.1 Å². The molecule has 3 N–H and O–H groups in total. The number of hydrogen-bond donors (Lipinski definition) is 3. The Balaban J connectivity index is 1.32. The number of rotatable bonds is 6. The van der Waals surface area contributed by atoms with Crippen molar-refractivity contribution in [3.05, 3.63) is 59.9 Å². The van der Waals surface area contributed by atoms with Crippen molar-refractivity contribution in [3.8, 4) is 0 Å². The van der Waals surface area contributed by atoms with Gasteiger partial charge in [0, 0.05) is 40.2 Å². The van der Waals surface area contributed by atoms with Crippen LogP contribution >= 0.6 is 11.9 Å². The zero-order chi connectivity index (χ0) is 20.7. The topological polar surface area (TPSA) is 90.9 Å². The summed E-state index contributed by atoms with van der Waals surface area (Å²) in [6, 6.07) is 9.92. The summed E-state index contributed by atoms with van der Waals surface area (Å²) in [6.45, 7) is 4.70. The summed E-state index contributed by atoms with van der Waals surface area (Å²) in [5.41, 5.74) is 2.90. The van der Waals surface area contributed by atoms with Crippen molar-refractivity contribution in [2.75, 3.05) is 10.6 Å². The van der Waals surface area contributed by atoms with E-state index in [-0.39, 0.29) is 11.8 Å². The Labute approximate surface area is 178 Å². The Kier molecular flexibility index (Phi) is 4.74. The number of aromatic amines is 1. The number of nitrogens with zero attached hydrogens (tertiary/aromatic N) is 4. The number of hydrogen-bond acceptors (Lipinski definition) is 6. The molecule has 1 saturated carbocycles. The summed E-state index contributed by atoms with van der Waals surface area (Å²) in [4.78, 5) is 17.6. The number of benzene rings is 1. The average molecular weight is 422 g/mol. The highest BCUT2D eigenvalue weighted by atomic mass is 32.2. The molecule has 3 aromatic rings. The minimum absolute atomic E-state index is 0.126. The molecule has 0 atom stereocenters. The molecule has 1 amide bonds. The first kappa shape index (κ1) is 18.8. The molecular weight excluding hydrogens is 398 g/mol. The second-order valence-corrected chi connectivity index (χ2v) is 8.80. The van der Waals surface area contributed by atoms with Crippen LogP contribution in [0.3, 0.4) is 0 Å². The fraction of sp³-hybridized carbons (Fsp3) is 0.286. The smallest absolute Gasteiger partial charge is 0.227 e. The number of imidazole rings is 1. The molecule has 8 nitrogen and oxygen atoms in total. The van der Waals surface area contributed by atoms with Gasteiger partial charge in [-0.1, -0.05) is 0 Å². The van der Waals surface area contributed by atoms with Crippen LogP contribution in [0.25, 0.3) is 5.82 Å². The predicted molar refractivity (Wildman–Crippen MR) is 117 cm³/mol. The molecule has 2 aliphatic rings. The highest BCUT2D eigenvalue weighted by molar-refractivity contribution is 7.97. The third-order valence-electron chi connectivity index (χ3n) is 5.07. The van der Waals surface area contributed by atoms with Gasteiger partial charge in [0.15, 0.2) is 5.82 Å². The van der Waals surface area contributed by atoms with E-state index in [0.29, 0.717) is 6.54 Å². The predicted octanol–water partition coefficient (Wildman–Crippen LogP) is 3.96. The van der Waals surface area contributed by atoms with Crippen molar-refractivity contribution in [3.63, 3.8) is 0 Å². The molecular formula is C21H23N7OS. The minimum Gasteiger partial charge on any atom is -0.326 e. The van der Waals surface area contributed by atoms with Crippen molar-refractivity contribution in [2.24, 2.45) is 5.92 Å². The Bertz CT molecular complexity index is 1110. The summed E-state index contributed by atoms with van der Waals surface area (Å²) in [5.74, 6) is 2.96. The van der Waals surface area contributed by atoms with Gasteiger partial charge in [0.05, 0.1) is 12.7 Å². The zero-order valence-corrected chi connectivity index (χ0v) is 17.7. The van der Waals surface area contributed by atoms with E-state index in [4.69, 9.17) is 0 Å². The third kappa shape index (κ3) is 3.93. The Morgan fingerprint density at radius 3 is 2.73 bits per heavy atom. The maximum absolute atomic E-state index is 11.9. The first-order chi connectivity index (χ1) is 14.5. The van der Waals surface area contributed by atoms with Crippen LogP contribution in [0, 0.1) is 19.8 Å². The largest absolute Gasteiger partial charge is 0.326 e. The molecule has 1 aromatic carbocycles. The molecule has 30 heavy (non-hydrogen) atoms. The lowest BCUT2D eigenvalue weighted by Gasteiger charge is -2.27. The number of carbonyl (C=O) groups is 1. The second kappa shape index (κ2) is 7.56. The van der Waals surface area contributed by atoms with E-state index >= 15 is 0 Å². The van der Waals surface area contributed by atoms with Crippen molar-refractivity contribution in [2.45, 2.75) is 38.1 Å². The number of anilines is 2. The lowest BCUT2D eigenvalue weighted by Crippen LogP contribution is -2.24. The number of carbonyl (C=O) groups excluding carboxylic acids is 1. The lowest BCUT2D eigenvalue weighted by atomic mass is 10.3. The van der Waals surface area contributed by atoms with E-state index < -0.39 is 0 Å². The highest BCUT2D eigenvalue weighted by Crippen LogP contribution is 2.33. The summed E-state index contributed by atoms with van der Waals surface area (Å²) < 4.78 is 4.25. The van der Waals surface area contributed by atoms with Gasteiger partial charge < -0.3 is 14.9 Å². The van der Waals surface area contributed by atoms with Gasteiger partial charge in [0.2, 0.25) is 5.91 Å². The van der Waals surface area contributed by atoms with Crippen LogP contribution in [0.2, 0.25) is 0 Å². The quantitative estimate of drug-likeness (QED) is 0.522. The monoisotopic (exact) mass is 421 g/mol. The molecule has 1 fully saturated rings. The van der Waals surface area contributed by atoms with E-state index in [0.717, 1.165) is 52.3 Å². The van der Waals surface area contributed by atoms with Gasteiger partial charge >= 0.3 is 0 Å². The number of nitrogens with one attached hydrogen (secondary N) is 3. The normalized spacial score (nSPS) is 15.5. The van der Waals surface area contributed by atoms with Crippen LogP contribution in [0.4, 0.5) is 11.5 Å². The van der Waals surface area contributed by atoms with Crippen molar-refractivity contribution in [1.82, 2.24) is 24.1 Å². The van der Waals surface area contributed by atoms with Gasteiger partial charge in [-0.2, -0.15) is 5.10 Å². The van der Waals surface area contributed by atoms with Crippen LogP contribution in [-0.4, -0.2) is 30.0 Å². The fourth-order valence-corrected chi connectivity index (χ4v) is 4.25. The maximum atomic E-state index is 11.9. The highest BCUT2D eigenvalue weighted by Gasteiger charge is 2.29. The van der Waals surface area contributed by atoms with E-state index in [1.165, 1.54) is 0 Å². The molecule has 2 aromatic heterocycles. The van der Waals surface area contributed by atoms with Gasteiger partial charge in [0.1, 0.15) is 11.6 Å². The summed E-state index contributed by atoms with van der Waals surface area (Å²) >= 11 is 1.63. The van der Waals surface area contributed by atoms with Crippen molar-refractivity contribution in [1.29, 1.82) is 0 Å². The third-order valence-corrected chi connectivity index (χ3v) is 6.02. The molecule has 9 heteroatoms. The van der Waals surface area contributed by atoms with Crippen LogP contribution in [0.5, 0.6) is 0 Å². The Morgan fingerprint density at radius 2 is 2.03 bits per heavy atom. The molecule has 5 rings (SSSR count). The molecule has 0 saturated heterocycles. The molecule has 0 radical (unpaired) electrons. The number of fused-ring (bicyclic) bond motifs is 1. The fourth-order valence-electron chi connectivity index (χ4n) is 3.39. The van der Waals surface area contributed by atoms with E-state index in [9.17, 15) is 4.79 Å². The molecule has 0 unspecified atom stereocenters. The molecule has 154 valence electrons. The first-order valence-corrected chi connectivity index (χ1v) is 10.7. The average Bonchev–Trinajstić information content (AvgIpc) is 3.41. The number of amides is 1. The Hall–Kier alpha value is -3.20. The van der Waals surface area contributed by atoms with E-state index in [1.807, 2.05) is 50.4 Å². The Morgan fingerprint density at radius 1 is 1.23 bits per heavy atom. The summed E-state index contributed by atoms with van der Waals surface area (Å²) in [7, 11) is 0. The van der Waals surface area contributed by atoms with Crippen molar-refractivity contribution < 1.29 is 4.79 Å². The second-order valence-electron chi connectivity index (χ2n) is 7.68. The van der Waals surface area contributed by atoms with Gasteiger partial charge in [-0.05, 0) is 62.9 Å². The zero-order valence-electron chi connectivity index (χ0n) is 16.8. The van der Waals surface area contributed by atoms with E-state index in [2.05, 4.69) is 40.9 Å². The standard InChI is InChI=1S/C21H23N7OS/c1-13-9-18(26-25-13)24-20-12-27(11-19-22-10-14(2)28(19)20)30-17-7-5-16(6-8-17)23-21(29)15-3-4-15/h5-10,12,15H,3-4,11H2,1-2H3,(H,23,29)(H2,24,25,26). The molecule has 0 spiro atoms. The van der Waals surface area contributed by atoms with Gasteiger partial charge in [-0.25, -0.2) is 4.98 Å². The summed E-state index contributed by atoms with van der Waals surface area (Å²) in [6.07, 6.45) is 5.96. The first-order valence-electron chi connectivity index (χ1n) is 9.95. The molecule has 1 aliphatic carbocycles. The summed E-state index contributed by atoms with van der Waals surface area (Å²) in [5, 5.41) is 13.6. The lowest BCUT2D eigenvalue weighted by molar-refractivity contribution is -0.117. The van der Waals surface area contributed by atoms with Gasteiger partial charge in [0.25, 0.3) is 0 Å². The number of aromatic nitrogens is 4. The van der Waals surface area contributed by atoms with Gasteiger partial charge in [-0.3, -0.25) is 14.5 Å². The van der Waals surface area contributed by atoms with Crippen LogP contribution in [-0.2, 0) is 11.3 Å². The van der Waals surface area contributed by atoms with Gasteiger partial charge in [-0.15, -0.1) is 0 Å². The van der Waals surface area contributed by atoms with Crippen LogP contribution in [0.15, 0.2) is 47.6 Å². The number of H-pyrrole nitrogens is 1. The van der Waals surface area contributed by atoms with Crippen molar-refractivity contribution >= 4 is 35.2 Å². The molecule has 3 heterocycles. The van der Waals surface area contributed by atoms with Crippen LogP contribution < -0.4 is 10.6 Å². The molecule has 1 aliphatic heterocycles. The SMILES string of the molecule is Cc1cc(NC2=CN(Sc3ccc(NC(=O)C4CC4)cc3)Cc3ncc(C)n32)n[nH]1.